The number of amides is 5. The van der Waals surface area contributed by atoms with Crippen LogP contribution in [0, 0.1) is 0 Å². The van der Waals surface area contributed by atoms with Crippen LogP contribution in [0.4, 0.5) is 9.59 Å². The van der Waals surface area contributed by atoms with Crippen molar-refractivity contribution < 1.29 is 33.8 Å². The zero-order chi connectivity index (χ0) is 41.5. The standard InChI is InChI=1S/C43H59N7O7/c1-8-56-40(57-9-2)30(3)49(28-34-21-15-19-32-22-16-25-44-38(32)34)39(52)36(24-12-13-26-50(42(54)55)43(4,5)6)46-37(51)29-48(7)47-41(53)45-27-33-20-14-18-31-17-10-11-23-35(31)33/h10-11,14-23,25,30,36,40H,8-9,12-13,24,26-29H2,1-7H3,(H,46,51)(H,54,55)(H2,45,47,53)/t30-,36-/m0/s1. The topological polar surface area (TPSA) is 166 Å². The van der Waals surface area contributed by atoms with Crippen molar-refractivity contribution in [2.45, 2.75) is 97.8 Å². The van der Waals surface area contributed by atoms with Gasteiger partial charge in [0.1, 0.15) is 6.04 Å². The van der Waals surface area contributed by atoms with Gasteiger partial charge in [-0.1, -0.05) is 66.7 Å². The van der Waals surface area contributed by atoms with Crippen molar-refractivity contribution in [1.82, 2.24) is 35.9 Å². The molecule has 3 aromatic carbocycles. The molecular weight excluding hydrogens is 727 g/mol. The first-order valence-corrected chi connectivity index (χ1v) is 19.6. The van der Waals surface area contributed by atoms with E-state index in [9.17, 15) is 24.3 Å². The number of hydrogen-bond acceptors (Lipinski definition) is 8. The molecule has 4 N–H and O–H groups in total. The molecule has 14 heteroatoms. The van der Waals surface area contributed by atoms with E-state index in [1.807, 2.05) is 114 Å². The Morgan fingerprint density at radius 1 is 0.860 bits per heavy atom. The van der Waals surface area contributed by atoms with Crippen LogP contribution in [0.3, 0.4) is 0 Å². The quantitative estimate of drug-likeness (QED) is 0.0458. The van der Waals surface area contributed by atoms with Gasteiger partial charge in [0.25, 0.3) is 0 Å². The van der Waals surface area contributed by atoms with Crippen molar-refractivity contribution in [3.05, 3.63) is 90.1 Å². The third-order valence-electron chi connectivity index (χ3n) is 9.68. The molecule has 14 nitrogen and oxygen atoms in total. The van der Waals surface area contributed by atoms with E-state index in [4.69, 9.17) is 9.47 Å². The van der Waals surface area contributed by atoms with Crippen molar-refractivity contribution in [2.24, 2.45) is 0 Å². The molecule has 0 saturated heterocycles. The first kappa shape index (κ1) is 44.4. The lowest BCUT2D eigenvalue weighted by molar-refractivity contribution is -0.179. The first-order valence-electron chi connectivity index (χ1n) is 19.6. The summed E-state index contributed by atoms with van der Waals surface area (Å²) in [5, 5.41) is 20.0. The maximum Gasteiger partial charge on any atom is 0.407 e. The highest BCUT2D eigenvalue weighted by Crippen LogP contribution is 2.23. The lowest BCUT2D eigenvalue weighted by atomic mass is 10.0. The predicted octanol–water partition coefficient (Wildman–Crippen LogP) is 6.28. The Morgan fingerprint density at radius 3 is 2.19 bits per heavy atom. The third-order valence-corrected chi connectivity index (χ3v) is 9.68. The molecule has 1 heterocycles. The number of benzene rings is 3. The molecule has 2 atom stereocenters. The summed E-state index contributed by atoms with van der Waals surface area (Å²) in [6.45, 7) is 12.2. The van der Waals surface area contributed by atoms with Crippen LogP contribution in [0.5, 0.6) is 0 Å². The second-order valence-electron chi connectivity index (χ2n) is 15.0. The number of carboxylic acid groups (broad SMARTS) is 1. The highest BCUT2D eigenvalue weighted by molar-refractivity contribution is 5.89. The average molecular weight is 786 g/mol. The summed E-state index contributed by atoms with van der Waals surface area (Å²) >= 11 is 0. The maximum absolute atomic E-state index is 14.8. The number of nitrogens with one attached hydrogen (secondary N) is 3. The Morgan fingerprint density at radius 2 is 1.51 bits per heavy atom. The Labute approximate surface area is 335 Å². The van der Waals surface area contributed by atoms with Gasteiger partial charge in [-0.2, -0.15) is 0 Å². The summed E-state index contributed by atoms with van der Waals surface area (Å²) in [7, 11) is 1.57. The number of aromatic nitrogens is 1. The molecule has 0 radical (unpaired) electrons. The van der Waals surface area contributed by atoms with E-state index >= 15 is 0 Å². The smallest absolute Gasteiger partial charge is 0.407 e. The molecule has 57 heavy (non-hydrogen) atoms. The largest absolute Gasteiger partial charge is 0.465 e. The fourth-order valence-corrected chi connectivity index (χ4v) is 6.83. The van der Waals surface area contributed by atoms with E-state index in [0.29, 0.717) is 26.1 Å². The number of unbranched alkanes of at least 4 members (excludes halogenated alkanes) is 1. The number of pyridine rings is 1. The minimum atomic E-state index is -1.03. The van der Waals surface area contributed by atoms with Gasteiger partial charge in [0.15, 0.2) is 6.29 Å². The summed E-state index contributed by atoms with van der Waals surface area (Å²) in [4.78, 5) is 61.0. The Bertz CT molecular complexity index is 1940. The fraction of sp³-hybridized carbons (Fsp3) is 0.465. The van der Waals surface area contributed by atoms with Gasteiger partial charge in [-0.05, 0) is 88.8 Å². The summed E-state index contributed by atoms with van der Waals surface area (Å²) < 4.78 is 11.9. The number of carbonyl (C=O) groups is 4. The van der Waals surface area contributed by atoms with Crippen LogP contribution in [0.25, 0.3) is 21.7 Å². The zero-order valence-corrected chi connectivity index (χ0v) is 34.3. The minimum absolute atomic E-state index is 0.159. The molecule has 0 fully saturated rings. The van der Waals surface area contributed by atoms with Gasteiger partial charge in [0.2, 0.25) is 11.8 Å². The number of hydrazine groups is 1. The van der Waals surface area contributed by atoms with E-state index in [1.54, 1.807) is 18.1 Å². The van der Waals surface area contributed by atoms with Crippen LogP contribution in [-0.2, 0) is 32.2 Å². The van der Waals surface area contributed by atoms with Crippen LogP contribution in [0.15, 0.2) is 79.0 Å². The number of ether oxygens (including phenoxy) is 2. The fourth-order valence-electron chi connectivity index (χ4n) is 6.83. The monoisotopic (exact) mass is 785 g/mol. The number of hydrogen-bond donors (Lipinski definition) is 4. The van der Waals surface area contributed by atoms with Crippen molar-refractivity contribution in [2.75, 3.05) is 33.4 Å². The lowest BCUT2D eigenvalue weighted by Crippen LogP contribution is -2.56. The Hall–Kier alpha value is -5.31. The predicted molar refractivity (Wildman–Crippen MR) is 221 cm³/mol. The molecule has 0 bridgehead atoms. The van der Waals surface area contributed by atoms with Crippen LogP contribution in [-0.4, -0.2) is 106 Å². The van der Waals surface area contributed by atoms with Gasteiger partial charge in [-0.15, -0.1) is 0 Å². The number of carbonyl (C=O) groups excluding carboxylic acids is 3. The third kappa shape index (κ3) is 12.9. The molecular formula is C43H59N7O7. The Balaban J connectivity index is 1.53. The van der Waals surface area contributed by atoms with Gasteiger partial charge in [0, 0.05) is 57.0 Å². The molecule has 1 aromatic heterocycles. The van der Waals surface area contributed by atoms with Crippen LogP contribution < -0.4 is 16.1 Å². The molecule has 0 aliphatic carbocycles. The van der Waals surface area contributed by atoms with Gasteiger partial charge in [0.05, 0.1) is 18.1 Å². The molecule has 0 saturated carbocycles. The number of rotatable bonds is 20. The van der Waals surface area contributed by atoms with Crippen LogP contribution in [0.2, 0.25) is 0 Å². The maximum atomic E-state index is 14.8. The second kappa shape index (κ2) is 21.3. The SMILES string of the molecule is CCOC(OCC)[C@H](C)N(Cc1cccc2cccnc12)C(=O)[C@H](CCCCN(C(=O)O)C(C)(C)C)NC(=O)CN(C)NC(=O)NCc1cccc2ccccc12. The molecule has 0 spiro atoms. The molecule has 5 amide bonds. The number of para-hydroxylation sites is 1. The molecule has 4 rings (SSSR count). The van der Waals surface area contributed by atoms with E-state index in [1.165, 1.54) is 9.91 Å². The zero-order valence-electron chi connectivity index (χ0n) is 34.3. The molecule has 0 aliphatic heterocycles. The summed E-state index contributed by atoms with van der Waals surface area (Å²) in [5.74, 6) is -0.847. The normalized spacial score (nSPS) is 12.7. The van der Waals surface area contributed by atoms with Gasteiger partial charge in [-0.3, -0.25) is 20.0 Å². The summed E-state index contributed by atoms with van der Waals surface area (Å²) in [5.41, 5.74) is 4.58. The molecule has 0 aliphatic rings. The highest BCUT2D eigenvalue weighted by atomic mass is 16.7. The van der Waals surface area contributed by atoms with E-state index in [-0.39, 0.29) is 38.5 Å². The van der Waals surface area contributed by atoms with E-state index in [2.05, 4.69) is 21.0 Å². The number of fused-ring (bicyclic) bond motifs is 2. The number of urea groups is 1. The van der Waals surface area contributed by atoms with Gasteiger partial charge < -0.3 is 35.0 Å². The second-order valence-corrected chi connectivity index (χ2v) is 15.0. The van der Waals surface area contributed by atoms with Crippen LogP contribution in [0.1, 0.15) is 71.9 Å². The number of likely N-dealkylation sites (N-methyl/N-ethyl adjacent to an activating group) is 1. The highest BCUT2D eigenvalue weighted by Gasteiger charge is 2.34. The average Bonchev–Trinajstić information content (AvgIpc) is 3.17. The van der Waals surface area contributed by atoms with E-state index < -0.39 is 41.9 Å². The summed E-state index contributed by atoms with van der Waals surface area (Å²) in [6.07, 6.45) is 1.07. The van der Waals surface area contributed by atoms with Crippen molar-refractivity contribution in [3.8, 4) is 0 Å². The van der Waals surface area contributed by atoms with Crippen molar-refractivity contribution in [1.29, 1.82) is 0 Å². The lowest BCUT2D eigenvalue weighted by Gasteiger charge is -2.37. The molecule has 0 unspecified atom stereocenters. The molecule has 308 valence electrons. The summed E-state index contributed by atoms with van der Waals surface area (Å²) in [6, 6.07) is 21.4. The van der Waals surface area contributed by atoms with Crippen molar-refractivity contribution >= 4 is 45.6 Å². The Kier molecular flexibility index (Phi) is 16.6. The minimum Gasteiger partial charge on any atom is -0.465 e. The van der Waals surface area contributed by atoms with Gasteiger partial charge >= 0.3 is 12.1 Å². The number of nitrogens with zero attached hydrogens (tertiary/aromatic N) is 4. The van der Waals surface area contributed by atoms with E-state index in [0.717, 1.165) is 32.8 Å². The first-order chi connectivity index (χ1) is 27.2. The van der Waals surface area contributed by atoms with Gasteiger partial charge in [-0.25, -0.2) is 14.6 Å². The van der Waals surface area contributed by atoms with Crippen LogP contribution >= 0.6 is 0 Å². The van der Waals surface area contributed by atoms with Crippen molar-refractivity contribution in [3.63, 3.8) is 0 Å². The molecule has 4 aromatic rings.